The Kier molecular flexibility index (Phi) is 4.20. The first-order valence-corrected chi connectivity index (χ1v) is 4.95. The van der Waals surface area contributed by atoms with Gasteiger partial charge in [0, 0.05) is 13.2 Å². The second-order valence-electron chi connectivity index (χ2n) is 3.58. The number of nitriles is 1. The molecular weight excluding hydrogens is 166 g/mol. The fraction of sp³-hybridized carbons (Fsp3) is 0.900. The Labute approximate surface area is 79.3 Å². The Morgan fingerprint density at radius 1 is 1.54 bits per heavy atom. The van der Waals surface area contributed by atoms with E-state index in [2.05, 4.69) is 6.07 Å². The second kappa shape index (κ2) is 5.21. The molecular formula is C10H17NO2. The lowest BCUT2D eigenvalue weighted by Gasteiger charge is -2.28. The molecule has 0 radical (unpaired) electrons. The van der Waals surface area contributed by atoms with Gasteiger partial charge in [0.25, 0.3) is 0 Å². The number of ether oxygens (including phenoxy) is 1. The highest BCUT2D eigenvalue weighted by molar-refractivity contribution is 4.90. The van der Waals surface area contributed by atoms with Gasteiger partial charge in [0.15, 0.2) is 0 Å². The summed E-state index contributed by atoms with van der Waals surface area (Å²) in [6.07, 6.45) is 2.05. The molecule has 1 N–H and O–H groups in total. The zero-order valence-corrected chi connectivity index (χ0v) is 8.07. The van der Waals surface area contributed by atoms with Gasteiger partial charge in [0.2, 0.25) is 0 Å². The molecule has 0 spiro atoms. The predicted octanol–water partition coefficient (Wildman–Crippen LogP) is 1.32. The van der Waals surface area contributed by atoms with Gasteiger partial charge < -0.3 is 9.84 Å². The summed E-state index contributed by atoms with van der Waals surface area (Å²) in [6, 6.07) is 2.16. The van der Waals surface area contributed by atoms with Crippen molar-refractivity contribution >= 4 is 0 Å². The number of aliphatic hydroxyl groups is 1. The summed E-state index contributed by atoms with van der Waals surface area (Å²) in [6.45, 7) is 3.39. The Morgan fingerprint density at radius 3 is 2.62 bits per heavy atom. The van der Waals surface area contributed by atoms with Gasteiger partial charge in [0.1, 0.15) is 0 Å². The number of hydrogen-bond donors (Lipinski definition) is 1. The van der Waals surface area contributed by atoms with Crippen molar-refractivity contribution in [3.63, 3.8) is 0 Å². The maximum absolute atomic E-state index is 9.86. The van der Waals surface area contributed by atoms with Crippen LogP contribution in [-0.2, 0) is 4.74 Å². The molecule has 1 saturated heterocycles. The summed E-state index contributed by atoms with van der Waals surface area (Å²) in [5, 5.41) is 18.6. The van der Waals surface area contributed by atoms with Crippen molar-refractivity contribution in [1.82, 2.24) is 0 Å². The van der Waals surface area contributed by atoms with Gasteiger partial charge in [-0.25, -0.2) is 0 Å². The fourth-order valence-electron chi connectivity index (χ4n) is 1.80. The van der Waals surface area contributed by atoms with Crippen LogP contribution in [0.25, 0.3) is 0 Å². The van der Waals surface area contributed by atoms with Crippen LogP contribution in [0.5, 0.6) is 0 Å². The van der Waals surface area contributed by atoms with Gasteiger partial charge in [-0.05, 0) is 25.2 Å². The Morgan fingerprint density at radius 2 is 2.15 bits per heavy atom. The molecule has 2 unspecified atom stereocenters. The minimum absolute atomic E-state index is 0.205. The van der Waals surface area contributed by atoms with Crippen molar-refractivity contribution < 1.29 is 9.84 Å². The largest absolute Gasteiger partial charge is 0.391 e. The number of nitrogens with zero attached hydrogens (tertiary/aromatic N) is 1. The summed E-state index contributed by atoms with van der Waals surface area (Å²) < 4.78 is 5.20. The fourth-order valence-corrected chi connectivity index (χ4v) is 1.80. The van der Waals surface area contributed by atoms with Crippen LogP contribution in [-0.4, -0.2) is 24.4 Å². The number of hydrogen-bond acceptors (Lipinski definition) is 3. The van der Waals surface area contributed by atoms with Crippen molar-refractivity contribution in [2.45, 2.75) is 32.3 Å². The van der Waals surface area contributed by atoms with Crippen molar-refractivity contribution in [3.8, 4) is 6.07 Å². The Hall–Kier alpha value is -0.590. The zero-order chi connectivity index (χ0) is 9.68. The quantitative estimate of drug-likeness (QED) is 0.718. The summed E-state index contributed by atoms with van der Waals surface area (Å²) in [4.78, 5) is 0. The lowest BCUT2D eigenvalue weighted by molar-refractivity contribution is -0.00779. The molecule has 1 rings (SSSR count). The van der Waals surface area contributed by atoms with Gasteiger partial charge >= 0.3 is 0 Å². The van der Waals surface area contributed by atoms with Crippen LogP contribution in [0.15, 0.2) is 0 Å². The molecule has 1 fully saturated rings. The van der Waals surface area contributed by atoms with Gasteiger partial charge in [-0.2, -0.15) is 5.26 Å². The highest BCUT2D eigenvalue weighted by Gasteiger charge is 2.27. The minimum atomic E-state index is -0.459. The molecule has 3 heteroatoms. The summed E-state index contributed by atoms with van der Waals surface area (Å²) in [5.74, 6) is 0.0569. The van der Waals surface area contributed by atoms with E-state index in [1.165, 1.54) is 0 Å². The molecule has 1 heterocycles. The van der Waals surface area contributed by atoms with Crippen LogP contribution in [0.3, 0.4) is 0 Å². The molecule has 0 saturated carbocycles. The van der Waals surface area contributed by atoms with Gasteiger partial charge in [-0.1, -0.05) is 6.92 Å². The van der Waals surface area contributed by atoms with E-state index in [0.717, 1.165) is 32.5 Å². The number of aliphatic hydroxyl groups excluding tert-OH is 1. The molecule has 1 aliphatic rings. The predicted molar refractivity (Wildman–Crippen MR) is 48.9 cm³/mol. The van der Waals surface area contributed by atoms with Crippen LogP contribution in [0.2, 0.25) is 0 Å². The second-order valence-corrected chi connectivity index (χ2v) is 3.58. The Balaban J connectivity index is 2.44. The van der Waals surface area contributed by atoms with E-state index in [9.17, 15) is 5.11 Å². The van der Waals surface area contributed by atoms with Crippen molar-refractivity contribution in [2.75, 3.05) is 13.2 Å². The third-order valence-corrected chi connectivity index (χ3v) is 2.77. The number of rotatable bonds is 3. The highest BCUT2D eigenvalue weighted by atomic mass is 16.5. The van der Waals surface area contributed by atoms with Crippen molar-refractivity contribution in [3.05, 3.63) is 0 Å². The standard InChI is InChI=1S/C10H17NO2/c1-2-8(7-11)10(12)9-3-5-13-6-4-9/h8-10,12H,2-6H2,1H3. The van der Waals surface area contributed by atoms with E-state index in [0.29, 0.717) is 0 Å². The van der Waals surface area contributed by atoms with Crippen LogP contribution in [0, 0.1) is 23.2 Å². The summed E-state index contributed by atoms with van der Waals surface area (Å²) >= 11 is 0. The molecule has 74 valence electrons. The van der Waals surface area contributed by atoms with E-state index in [1.807, 2.05) is 6.92 Å². The van der Waals surface area contributed by atoms with E-state index in [-0.39, 0.29) is 11.8 Å². The first kappa shape index (κ1) is 10.5. The molecule has 2 atom stereocenters. The molecule has 0 aliphatic carbocycles. The van der Waals surface area contributed by atoms with Gasteiger partial charge in [-0.3, -0.25) is 0 Å². The smallest absolute Gasteiger partial charge is 0.0728 e. The third-order valence-electron chi connectivity index (χ3n) is 2.77. The topological polar surface area (TPSA) is 53.2 Å². The van der Waals surface area contributed by atoms with E-state index in [4.69, 9.17) is 10.00 Å². The minimum Gasteiger partial charge on any atom is -0.391 e. The zero-order valence-electron chi connectivity index (χ0n) is 8.07. The Bertz CT molecular complexity index is 182. The summed E-state index contributed by atoms with van der Waals surface area (Å²) in [7, 11) is 0. The first-order chi connectivity index (χ1) is 6.29. The monoisotopic (exact) mass is 183 g/mol. The maximum Gasteiger partial charge on any atom is 0.0728 e. The highest BCUT2D eigenvalue weighted by Crippen LogP contribution is 2.24. The average Bonchev–Trinajstić information content (AvgIpc) is 2.21. The third kappa shape index (κ3) is 2.68. The van der Waals surface area contributed by atoms with E-state index in [1.54, 1.807) is 0 Å². The lowest BCUT2D eigenvalue weighted by atomic mass is 9.85. The van der Waals surface area contributed by atoms with Crippen LogP contribution < -0.4 is 0 Å². The van der Waals surface area contributed by atoms with Crippen molar-refractivity contribution in [2.24, 2.45) is 11.8 Å². The maximum atomic E-state index is 9.86. The molecule has 0 aromatic rings. The normalized spacial score (nSPS) is 23.5. The van der Waals surface area contributed by atoms with Crippen LogP contribution in [0.4, 0.5) is 0 Å². The summed E-state index contributed by atoms with van der Waals surface area (Å²) in [5.41, 5.74) is 0. The van der Waals surface area contributed by atoms with E-state index < -0.39 is 6.10 Å². The van der Waals surface area contributed by atoms with Gasteiger partial charge in [0.05, 0.1) is 18.1 Å². The lowest BCUT2D eigenvalue weighted by Crippen LogP contribution is -2.32. The van der Waals surface area contributed by atoms with Gasteiger partial charge in [-0.15, -0.1) is 0 Å². The molecule has 0 aromatic heterocycles. The molecule has 1 aliphatic heterocycles. The van der Waals surface area contributed by atoms with Crippen LogP contribution in [0.1, 0.15) is 26.2 Å². The molecule has 0 bridgehead atoms. The first-order valence-electron chi connectivity index (χ1n) is 4.95. The average molecular weight is 183 g/mol. The van der Waals surface area contributed by atoms with Crippen LogP contribution >= 0.6 is 0 Å². The van der Waals surface area contributed by atoms with Crippen molar-refractivity contribution in [1.29, 1.82) is 5.26 Å². The molecule has 3 nitrogen and oxygen atoms in total. The molecule has 0 amide bonds. The molecule has 0 aromatic carbocycles. The molecule has 13 heavy (non-hydrogen) atoms. The SMILES string of the molecule is CCC(C#N)C(O)C1CCOCC1. The van der Waals surface area contributed by atoms with E-state index >= 15 is 0 Å².